The molecule has 1 aliphatic carbocycles. The molecule has 1 amide bonds. The maximum Gasteiger partial charge on any atom is 0.223 e. The predicted octanol–water partition coefficient (Wildman–Crippen LogP) is 0.637. The highest BCUT2D eigenvalue weighted by atomic mass is 16.3. The van der Waals surface area contributed by atoms with Crippen LogP contribution in [0.15, 0.2) is 0 Å². The molecule has 0 radical (unpaired) electrons. The summed E-state index contributed by atoms with van der Waals surface area (Å²) < 4.78 is 0. The van der Waals surface area contributed by atoms with E-state index in [2.05, 4.69) is 5.32 Å². The van der Waals surface area contributed by atoms with E-state index in [4.69, 9.17) is 5.73 Å². The Morgan fingerprint density at radius 2 is 2.19 bits per heavy atom. The van der Waals surface area contributed by atoms with Crippen LogP contribution in [-0.4, -0.2) is 29.2 Å². The van der Waals surface area contributed by atoms with Gasteiger partial charge in [-0.25, -0.2) is 0 Å². The van der Waals surface area contributed by atoms with Crippen molar-refractivity contribution < 1.29 is 9.90 Å². The normalized spacial score (nSPS) is 27.8. The first-order valence-corrected chi connectivity index (χ1v) is 6.08. The van der Waals surface area contributed by atoms with Gasteiger partial charge in [0.1, 0.15) is 0 Å². The van der Waals surface area contributed by atoms with Crippen molar-refractivity contribution in [3.63, 3.8) is 0 Å². The van der Waals surface area contributed by atoms with Gasteiger partial charge in [0.05, 0.1) is 11.6 Å². The molecule has 16 heavy (non-hydrogen) atoms. The first-order chi connectivity index (χ1) is 7.38. The Morgan fingerprint density at radius 3 is 2.69 bits per heavy atom. The molecule has 1 aliphatic rings. The summed E-state index contributed by atoms with van der Waals surface area (Å²) in [5.74, 6) is 0.381. The molecule has 1 fully saturated rings. The van der Waals surface area contributed by atoms with Crippen LogP contribution in [0.2, 0.25) is 0 Å². The van der Waals surface area contributed by atoms with Crippen LogP contribution in [0.25, 0.3) is 0 Å². The summed E-state index contributed by atoms with van der Waals surface area (Å²) in [7, 11) is 0. The van der Waals surface area contributed by atoms with Gasteiger partial charge in [0, 0.05) is 5.92 Å². The van der Waals surface area contributed by atoms with Crippen molar-refractivity contribution in [1.29, 1.82) is 0 Å². The highest BCUT2D eigenvalue weighted by Crippen LogP contribution is 2.31. The number of carbonyl (C=O) groups is 1. The third kappa shape index (κ3) is 2.95. The van der Waals surface area contributed by atoms with Gasteiger partial charge in [-0.1, -0.05) is 6.42 Å². The number of hydrogen-bond donors (Lipinski definition) is 3. The molecule has 4 nitrogen and oxygen atoms in total. The summed E-state index contributed by atoms with van der Waals surface area (Å²) in [6.07, 6.45) is 2.48. The Hall–Kier alpha value is -0.610. The molecule has 0 saturated heterocycles. The van der Waals surface area contributed by atoms with E-state index in [1.54, 1.807) is 6.92 Å². The Balaban J connectivity index is 2.58. The summed E-state index contributed by atoms with van der Waals surface area (Å²) in [5.41, 5.74) is 5.09. The summed E-state index contributed by atoms with van der Waals surface area (Å²) in [6, 6.07) is 0. The molecule has 3 unspecified atom stereocenters. The van der Waals surface area contributed by atoms with Crippen molar-refractivity contribution in [1.82, 2.24) is 5.32 Å². The topological polar surface area (TPSA) is 75.3 Å². The van der Waals surface area contributed by atoms with Gasteiger partial charge in [0.15, 0.2) is 0 Å². The fourth-order valence-electron chi connectivity index (χ4n) is 2.18. The first-order valence-electron chi connectivity index (χ1n) is 6.08. The largest absolute Gasteiger partial charge is 0.391 e. The zero-order valence-electron chi connectivity index (χ0n) is 10.5. The van der Waals surface area contributed by atoms with Crippen LogP contribution < -0.4 is 11.1 Å². The zero-order valence-corrected chi connectivity index (χ0v) is 10.5. The second-order valence-electron chi connectivity index (χ2n) is 5.42. The number of aliphatic hydroxyl groups excluding tert-OH is 1. The number of nitrogens with two attached hydrogens (primary N) is 1. The highest BCUT2D eigenvalue weighted by molar-refractivity contribution is 5.80. The van der Waals surface area contributed by atoms with E-state index in [9.17, 15) is 9.90 Å². The zero-order chi connectivity index (χ0) is 12.3. The van der Waals surface area contributed by atoms with Crippen molar-refractivity contribution >= 4 is 5.91 Å². The number of aliphatic hydroxyl groups is 1. The van der Waals surface area contributed by atoms with Crippen LogP contribution in [0.3, 0.4) is 0 Å². The molecule has 1 rings (SSSR count). The molecule has 4 heteroatoms. The molecule has 4 N–H and O–H groups in total. The van der Waals surface area contributed by atoms with Gasteiger partial charge < -0.3 is 16.2 Å². The third-order valence-corrected chi connectivity index (χ3v) is 3.79. The second kappa shape index (κ2) is 5.15. The Morgan fingerprint density at radius 1 is 1.56 bits per heavy atom. The van der Waals surface area contributed by atoms with Crippen molar-refractivity contribution in [3.05, 3.63) is 0 Å². The van der Waals surface area contributed by atoms with Gasteiger partial charge in [0.2, 0.25) is 5.91 Å². The van der Waals surface area contributed by atoms with Crippen LogP contribution in [-0.2, 0) is 4.79 Å². The standard InChI is InChI=1S/C12H24N2O2/c1-8(15)12(2,3)14-11(16)10-6-4-5-9(10)7-13/h8-10,15H,4-7,13H2,1-3H3,(H,14,16). The lowest BCUT2D eigenvalue weighted by molar-refractivity contribution is -0.128. The summed E-state index contributed by atoms with van der Waals surface area (Å²) in [5, 5.41) is 12.5. The van der Waals surface area contributed by atoms with Crippen molar-refractivity contribution in [3.8, 4) is 0 Å². The summed E-state index contributed by atoms with van der Waals surface area (Å²) in [6.45, 7) is 5.94. The highest BCUT2D eigenvalue weighted by Gasteiger charge is 2.35. The minimum Gasteiger partial charge on any atom is -0.391 e. The van der Waals surface area contributed by atoms with E-state index in [0.29, 0.717) is 12.5 Å². The summed E-state index contributed by atoms with van der Waals surface area (Å²) in [4.78, 5) is 12.1. The monoisotopic (exact) mass is 228 g/mol. The SMILES string of the molecule is CC(O)C(C)(C)NC(=O)C1CCCC1CN. The van der Waals surface area contributed by atoms with Crippen LogP contribution >= 0.6 is 0 Å². The number of amides is 1. The third-order valence-electron chi connectivity index (χ3n) is 3.79. The van der Waals surface area contributed by atoms with E-state index in [-0.39, 0.29) is 11.8 Å². The van der Waals surface area contributed by atoms with Crippen molar-refractivity contribution in [2.24, 2.45) is 17.6 Å². The molecule has 0 heterocycles. The quantitative estimate of drug-likeness (QED) is 0.661. The number of nitrogens with one attached hydrogen (secondary N) is 1. The first kappa shape index (κ1) is 13.5. The van der Waals surface area contributed by atoms with Crippen molar-refractivity contribution in [2.75, 3.05) is 6.54 Å². The molecule has 0 aliphatic heterocycles. The van der Waals surface area contributed by atoms with Gasteiger partial charge in [-0.3, -0.25) is 4.79 Å². The van der Waals surface area contributed by atoms with Gasteiger partial charge >= 0.3 is 0 Å². The fraction of sp³-hybridized carbons (Fsp3) is 0.917. The average molecular weight is 228 g/mol. The Bertz CT molecular complexity index is 251. The van der Waals surface area contributed by atoms with E-state index in [0.717, 1.165) is 19.3 Å². The molecular formula is C12H24N2O2. The lowest BCUT2D eigenvalue weighted by atomic mass is 9.92. The maximum atomic E-state index is 12.1. The van der Waals surface area contributed by atoms with Gasteiger partial charge in [-0.15, -0.1) is 0 Å². The molecule has 0 aromatic heterocycles. The number of rotatable bonds is 4. The van der Waals surface area contributed by atoms with Gasteiger partial charge in [0.25, 0.3) is 0 Å². The maximum absolute atomic E-state index is 12.1. The Kier molecular flexibility index (Phi) is 4.33. The summed E-state index contributed by atoms with van der Waals surface area (Å²) >= 11 is 0. The molecule has 0 spiro atoms. The number of carbonyl (C=O) groups excluding carboxylic acids is 1. The van der Waals surface area contributed by atoms with E-state index >= 15 is 0 Å². The molecule has 0 aromatic rings. The molecule has 0 aromatic carbocycles. The lowest BCUT2D eigenvalue weighted by Gasteiger charge is -2.31. The van der Waals surface area contributed by atoms with Gasteiger partial charge in [-0.2, -0.15) is 0 Å². The molecular weight excluding hydrogens is 204 g/mol. The van der Waals surface area contributed by atoms with Gasteiger partial charge in [-0.05, 0) is 46.1 Å². The average Bonchev–Trinajstić information content (AvgIpc) is 2.64. The predicted molar refractivity (Wildman–Crippen MR) is 63.8 cm³/mol. The van der Waals surface area contributed by atoms with E-state index < -0.39 is 11.6 Å². The molecule has 94 valence electrons. The van der Waals surface area contributed by atoms with Crippen LogP contribution in [0.5, 0.6) is 0 Å². The second-order valence-corrected chi connectivity index (χ2v) is 5.42. The van der Waals surface area contributed by atoms with Crippen molar-refractivity contribution in [2.45, 2.75) is 51.7 Å². The Labute approximate surface area is 97.6 Å². The van der Waals surface area contributed by atoms with Crippen LogP contribution in [0.1, 0.15) is 40.0 Å². The van der Waals surface area contributed by atoms with E-state index in [1.807, 2.05) is 13.8 Å². The van der Waals surface area contributed by atoms with E-state index in [1.165, 1.54) is 0 Å². The molecule has 0 bridgehead atoms. The lowest BCUT2D eigenvalue weighted by Crippen LogP contribution is -2.53. The molecule has 1 saturated carbocycles. The minimum atomic E-state index is -0.571. The number of hydrogen-bond acceptors (Lipinski definition) is 3. The smallest absolute Gasteiger partial charge is 0.223 e. The van der Waals surface area contributed by atoms with Crippen LogP contribution in [0, 0.1) is 11.8 Å². The molecule has 3 atom stereocenters. The fourth-order valence-corrected chi connectivity index (χ4v) is 2.18. The van der Waals surface area contributed by atoms with Crippen LogP contribution in [0.4, 0.5) is 0 Å². The minimum absolute atomic E-state index is 0.0306.